The Hall–Kier alpha value is -1.97. The highest BCUT2D eigenvalue weighted by Crippen LogP contribution is 2.25. The summed E-state index contributed by atoms with van der Waals surface area (Å²) in [6, 6.07) is 5.78. The van der Waals surface area contributed by atoms with Crippen LogP contribution in [0.5, 0.6) is 0 Å². The lowest BCUT2D eigenvalue weighted by Gasteiger charge is -1.96. The molecule has 0 saturated carbocycles. The maximum absolute atomic E-state index is 8.55. The molecule has 1 heterocycles. The molecule has 0 saturated heterocycles. The fourth-order valence-electron chi connectivity index (χ4n) is 1.57. The summed E-state index contributed by atoms with van der Waals surface area (Å²) in [5.41, 5.74) is 8.40. The van der Waals surface area contributed by atoms with E-state index in [1.54, 1.807) is 6.07 Å². The van der Waals surface area contributed by atoms with Crippen LogP contribution >= 0.6 is 0 Å². The van der Waals surface area contributed by atoms with Crippen molar-refractivity contribution in [3.05, 3.63) is 35.1 Å². The number of furan rings is 1. The molecule has 0 atom stereocenters. The van der Waals surface area contributed by atoms with Gasteiger partial charge in [-0.15, -0.1) is 0 Å². The standard InChI is InChI=1S/C11H12N2O2/c1-6-3-4-7(2)10-8(6)5-9(15-10)11(12)13-14/h3-5,14H,1-2H3,(H2,12,13). The lowest BCUT2D eigenvalue weighted by Crippen LogP contribution is -2.11. The minimum Gasteiger partial charge on any atom is -0.452 e. The van der Waals surface area contributed by atoms with Crippen LogP contribution in [0, 0.1) is 13.8 Å². The second kappa shape index (κ2) is 3.31. The van der Waals surface area contributed by atoms with Gasteiger partial charge in [-0.05, 0) is 31.0 Å². The smallest absolute Gasteiger partial charge is 0.205 e. The van der Waals surface area contributed by atoms with Crippen LogP contribution < -0.4 is 5.73 Å². The van der Waals surface area contributed by atoms with Crippen molar-refractivity contribution in [1.29, 1.82) is 0 Å². The van der Waals surface area contributed by atoms with Crippen LogP contribution in [-0.2, 0) is 0 Å². The van der Waals surface area contributed by atoms with Crippen LogP contribution in [0.25, 0.3) is 11.0 Å². The predicted octanol–water partition coefficient (Wildman–Crippen LogP) is 2.14. The molecule has 0 aliphatic heterocycles. The van der Waals surface area contributed by atoms with E-state index in [1.165, 1.54) is 0 Å². The molecule has 0 unspecified atom stereocenters. The molecule has 0 bridgehead atoms. The van der Waals surface area contributed by atoms with Crippen molar-refractivity contribution in [2.24, 2.45) is 10.9 Å². The summed E-state index contributed by atoms with van der Waals surface area (Å²) >= 11 is 0. The first-order valence-corrected chi connectivity index (χ1v) is 4.61. The molecule has 0 amide bonds. The van der Waals surface area contributed by atoms with Gasteiger partial charge in [0.2, 0.25) is 5.84 Å². The van der Waals surface area contributed by atoms with Crippen LogP contribution in [0.2, 0.25) is 0 Å². The van der Waals surface area contributed by atoms with E-state index in [1.807, 2.05) is 26.0 Å². The maximum Gasteiger partial charge on any atom is 0.205 e. The minimum atomic E-state index is -0.00926. The largest absolute Gasteiger partial charge is 0.452 e. The number of hydrogen-bond donors (Lipinski definition) is 2. The number of amidine groups is 1. The molecule has 3 N–H and O–H groups in total. The van der Waals surface area contributed by atoms with Crippen molar-refractivity contribution in [3.63, 3.8) is 0 Å². The van der Waals surface area contributed by atoms with E-state index in [0.717, 1.165) is 22.1 Å². The average molecular weight is 204 g/mol. The molecule has 2 rings (SSSR count). The van der Waals surface area contributed by atoms with Crippen molar-refractivity contribution in [2.45, 2.75) is 13.8 Å². The molecule has 0 fully saturated rings. The summed E-state index contributed by atoms with van der Waals surface area (Å²) in [4.78, 5) is 0. The van der Waals surface area contributed by atoms with E-state index in [0.29, 0.717) is 5.76 Å². The molecule has 0 spiro atoms. The van der Waals surface area contributed by atoms with E-state index < -0.39 is 0 Å². The van der Waals surface area contributed by atoms with Gasteiger partial charge in [-0.1, -0.05) is 17.3 Å². The maximum atomic E-state index is 8.55. The third kappa shape index (κ3) is 1.44. The van der Waals surface area contributed by atoms with Gasteiger partial charge in [0.15, 0.2) is 5.76 Å². The van der Waals surface area contributed by atoms with E-state index >= 15 is 0 Å². The number of fused-ring (bicyclic) bond motifs is 1. The molecule has 1 aromatic carbocycles. The molecular formula is C11H12N2O2. The number of oxime groups is 1. The van der Waals surface area contributed by atoms with Crippen molar-refractivity contribution in [2.75, 3.05) is 0 Å². The molecule has 4 nitrogen and oxygen atoms in total. The first-order chi connectivity index (χ1) is 7.13. The Morgan fingerprint density at radius 1 is 1.33 bits per heavy atom. The van der Waals surface area contributed by atoms with Gasteiger partial charge in [0.1, 0.15) is 5.58 Å². The number of aryl methyl sites for hydroxylation is 2. The Morgan fingerprint density at radius 3 is 2.60 bits per heavy atom. The van der Waals surface area contributed by atoms with Crippen molar-refractivity contribution in [1.82, 2.24) is 0 Å². The van der Waals surface area contributed by atoms with Gasteiger partial charge in [0.25, 0.3) is 0 Å². The Bertz CT molecular complexity index is 502. The van der Waals surface area contributed by atoms with E-state index in [4.69, 9.17) is 15.4 Å². The second-order valence-corrected chi connectivity index (χ2v) is 3.54. The zero-order chi connectivity index (χ0) is 11.0. The molecule has 1 aromatic heterocycles. The molecule has 15 heavy (non-hydrogen) atoms. The molecule has 78 valence electrons. The quantitative estimate of drug-likeness (QED) is 0.323. The summed E-state index contributed by atoms with van der Waals surface area (Å²) in [5, 5.41) is 12.5. The molecular weight excluding hydrogens is 192 g/mol. The normalized spacial score (nSPS) is 12.3. The molecule has 0 radical (unpaired) electrons. The van der Waals surface area contributed by atoms with Gasteiger partial charge in [-0.25, -0.2) is 0 Å². The third-order valence-corrected chi connectivity index (χ3v) is 2.46. The number of benzene rings is 1. The molecule has 4 heteroatoms. The molecule has 0 aliphatic carbocycles. The summed E-state index contributed by atoms with van der Waals surface area (Å²) in [6.07, 6.45) is 0. The number of rotatable bonds is 1. The highest BCUT2D eigenvalue weighted by molar-refractivity contribution is 5.99. The molecule has 2 aromatic rings. The highest BCUT2D eigenvalue weighted by Gasteiger charge is 2.10. The van der Waals surface area contributed by atoms with Gasteiger partial charge in [0.05, 0.1) is 0 Å². The van der Waals surface area contributed by atoms with E-state index in [-0.39, 0.29) is 5.84 Å². The number of nitrogens with zero attached hydrogens (tertiary/aromatic N) is 1. The Balaban J connectivity index is 2.75. The average Bonchev–Trinajstić information content (AvgIpc) is 2.68. The SMILES string of the molecule is Cc1ccc(C)c2oc(/C(N)=N/O)cc12. The lowest BCUT2D eigenvalue weighted by molar-refractivity contribution is 0.317. The fourth-order valence-corrected chi connectivity index (χ4v) is 1.57. The van der Waals surface area contributed by atoms with Crippen molar-refractivity contribution in [3.8, 4) is 0 Å². The Labute approximate surface area is 87.0 Å². The number of hydrogen-bond acceptors (Lipinski definition) is 3. The number of nitrogens with two attached hydrogens (primary N) is 1. The zero-order valence-corrected chi connectivity index (χ0v) is 8.61. The Morgan fingerprint density at radius 2 is 2.00 bits per heavy atom. The van der Waals surface area contributed by atoms with E-state index in [2.05, 4.69) is 5.16 Å². The fraction of sp³-hybridized carbons (Fsp3) is 0.182. The third-order valence-electron chi connectivity index (χ3n) is 2.46. The Kier molecular flexibility index (Phi) is 2.11. The van der Waals surface area contributed by atoms with Gasteiger partial charge in [-0.3, -0.25) is 0 Å². The van der Waals surface area contributed by atoms with E-state index in [9.17, 15) is 0 Å². The van der Waals surface area contributed by atoms with Crippen LogP contribution in [0.3, 0.4) is 0 Å². The minimum absolute atomic E-state index is 0.00926. The highest BCUT2D eigenvalue weighted by atomic mass is 16.4. The molecule has 0 aliphatic rings. The van der Waals surface area contributed by atoms with Crippen LogP contribution in [0.4, 0.5) is 0 Å². The summed E-state index contributed by atoms with van der Waals surface area (Å²) in [5.74, 6) is 0.384. The van der Waals surface area contributed by atoms with Crippen molar-refractivity contribution < 1.29 is 9.62 Å². The van der Waals surface area contributed by atoms with Gasteiger partial charge >= 0.3 is 0 Å². The first kappa shape index (κ1) is 9.58. The van der Waals surface area contributed by atoms with Crippen LogP contribution in [0.1, 0.15) is 16.9 Å². The lowest BCUT2D eigenvalue weighted by atomic mass is 10.1. The first-order valence-electron chi connectivity index (χ1n) is 4.61. The van der Waals surface area contributed by atoms with Gasteiger partial charge in [-0.2, -0.15) is 0 Å². The summed E-state index contributed by atoms with van der Waals surface area (Å²) in [6.45, 7) is 3.95. The van der Waals surface area contributed by atoms with Gasteiger partial charge in [0, 0.05) is 5.39 Å². The topological polar surface area (TPSA) is 71.8 Å². The zero-order valence-electron chi connectivity index (χ0n) is 8.61. The van der Waals surface area contributed by atoms with Crippen LogP contribution in [-0.4, -0.2) is 11.0 Å². The monoisotopic (exact) mass is 204 g/mol. The van der Waals surface area contributed by atoms with Gasteiger partial charge < -0.3 is 15.4 Å². The summed E-state index contributed by atoms with van der Waals surface area (Å²) < 4.78 is 5.52. The van der Waals surface area contributed by atoms with Crippen molar-refractivity contribution >= 4 is 16.8 Å². The second-order valence-electron chi connectivity index (χ2n) is 3.54. The predicted molar refractivity (Wildman–Crippen MR) is 58.2 cm³/mol. The summed E-state index contributed by atoms with van der Waals surface area (Å²) in [7, 11) is 0. The van der Waals surface area contributed by atoms with Crippen LogP contribution in [0.15, 0.2) is 27.8 Å².